The summed E-state index contributed by atoms with van der Waals surface area (Å²) in [5, 5.41) is 6.98. The minimum atomic E-state index is -3.07. The molecule has 6 heteroatoms. The fourth-order valence-corrected chi connectivity index (χ4v) is 2.40. The number of halogens is 2. The Hall–Kier alpha value is -2.21. The first-order valence-electron chi connectivity index (χ1n) is 8.18. The molecule has 2 rings (SSSR count). The molecule has 0 aliphatic carbocycles. The second-order valence-corrected chi connectivity index (χ2v) is 6.95. The van der Waals surface area contributed by atoms with Crippen molar-refractivity contribution in [3.8, 4) is 0 Å². The first kappa shape index (κ1) is 19.1. The molecule has 0 saturated carbocycles. The minimum Gasteiger partial charge on any atom is -0.444 e. The average molecular weight is 350 g/mol. The fourth-order valence-electron chi connectivity index (χ4n) is 2.40. The van der Waals surface area contributed by atoms with Gasteiger partial charge in [-0.3, -0.25) is 0 Å². The summed E-state index contributed by atoms with van der Waals surface area (Å²) >= 11 is 0. The smallest absolute Gasteiger partial charge is 0.407 e. The lowest BCUT2D eigenvalue weighted by Gasteiger charge is -2.22. The standard InChI is InChI=1S/C19H24F2N2O2/c1-18(2,3)25-17(24)23-13-19(20,21)12-22-11-15-9-6-8-14-7-4-5-10-16(14)15/h4-10,22H,11-13H2,1-3H3,(H,23,24). The van der Waals surface area contributed by atoms with Gasteiger partial charge in [0.05, 0.1) is 13.1 Å². The summed E-state index contributed by atoms with van der Waals surface area (Å²) in [5.74, 6) is -3.07. The second kappa shape index (κ2) is 7.78. The van der Waals surface area contributed by atoms with E-state index in [9.17, 15) is 13.6 Å². The minimum absolute atomic E-state index is 0.323. The van der Waals surface area contributed by atoms with Crippen LogP contribution in [0.25, 0.3) is 10.8 Å². The van der Waals surface area contributed by atoms with Gasteiger partial charge in [0.15, 0.2) is 0 Å². The normalized spacial score (nSPS) is 12.2. The van der Waals surface area contributed by atoms with E-state index in [1.165, 1.54) is 0 Å². The molecule has 0 aliphatic heterocycles. The summed E-state index contributed by atoms with van der Waals surface area (Å²) < 4.78 is 32.8. The Morgan fingerprint density at radius 1 is 1.04 bits per heavy atom. The highest BCUT2D eigenvalue weighted by Crippen LogP contribution is 2.19. The van der Waals surface area contributed by atoms with Crippen LogP contribution in [-0.2, 0) is 11.3 Å². The number of rotatable bonds is 6. The van der Waals surface area contributed by atoms with Gasteiger partial charge in [-0.05, 0) is 37.1 Å². The zero-order valence-corrected chi connectivity index (χ0v) is 14.7. The molecule has 0 aliphatic rings. The third-order valence-electron chi connectivity index (χ3n) is 3.47. The van der Waals surface area contributed by atoms with Crippen LogP contribution < -0.4 is 10.6 Å². The van der Waals surface area contributed by atoms with Crippen LogP contribution >= 0.6 is 0 Å². The van der Waals surface area contributed by atoms with Crippen molar-refractivity contribution < 1.29 is 18.3 Å². The van der Waals surface area contributed by atoms with Gasteiger partial charge in [0.2, 0.25) is 0 Å². The number of nitrogens with one attached hydrogen (secondary N) is 2. The number of carbonyl (C=O) groups excluding carboxylic acids is 1. The maximum atomic E-state index is 13.9. The molecule has 2 N–H and O–H groups in total. The fraction of sp³-hybridized carbons (Fsp3) is 0.421. The highest BCUT2D eigenvalue weighted by Gasteiger charge is 2.30. The Bertz CT molecular complexity index is 721. The van der Waals surface area contributed by atoms with Crippen molar-refractivity contribution in [2.75, 3.05) is 13.1 Å². The Labute approximate surface area is 146 Å². The first-order chi connectivity index (χ1) is 11.7. The zero-order valence-electron chi connectivity index (χ0n) is 14.7. The number of fused-ring (bicyclic) bond motifs is 1. The van der Waals surface area contributed by atoms with E-state index >= 15 is 0 Å². The van der Waals surface area contributed by atoms with Crippen molar-refractivity contribution in [1.29, 1.82) is 0 Å². The SMILES string of the molecule is CC(C)(C)OC(=O)NCC(F)(F)CNCc1cccc2ccccc12. The monoisotopic (exact) mass is 350 g/mol. The first-order valence-corrected chi connectivity index (χ1v) is 8.18. The van der Waals surface area contributed by atoms with Crippen LogP contribution in [0.2, 0.25) is 0 Å². The van der Waals surface area contributed by atoms with Crippen LogP contribution in [0.3, 0.4) is 0 Å². The maximum absolute atomic E-state index is 13.9. The van der Waals surface area contributed by atoms with Gasteiger partial charge in [-0.25, -0.2) is 13.6 Å². The van der Waals surface area contributed by atoms with E-state index in [4.69, 9.17) is 4.74 Å². The van der Waals surface area contributed by atoms with Crippen molar-refractivity contribution in [3.05, 3.63) is 48.0 Å². The van der Waals surface area contributed by atoms with Crippen LogP contribution in [-0.4, -0.2) is 30.7 Å². The Balaban J connectivity index is 1.84. The van der Waals surface area contributed by atoms with Gasteiger partial charge >= 0.3 is 6.09 Å². The number of alkyl carbamates (subject to hydrolysis) is 1. The van der Waals surface area contributed by atoms with Crippen LogP contribution in [0.5, 0.6) is 0 Å². The molecule has 0 bridgehead atoms. The molecule has 25 heavy (non-hydrogen) atoms. The highest BCUT2D eigenvalue weighted by molar-refractivity contribution is 5.85. The van der Waals surface area contributed by atoms with Gasteiger partial charge in [-0.2, -0.15) is 0 Å². The van der Waals surface area contributed by atoms with Crippen LogP contribution in [0.15, 0.2) is 42.5 Å². The molecule has 136 valence electrons. The van der Waals surface area contributed by atoms with Gasteiger partial charge in [0.1, 0.15) is 5.60 Å². The number of alkyl halides is 2. The molecule has 1 amide bonds. The number of amides is 1. The quantitative estimate of drug-likeness (QED) is 0.825. The number of hydrogen-bond acceptors (Lipinski definition) is 3. The van der Waals surface area contributed by atoms with Crippen molar-refractivity contribution in [2.45, 2.75) is 38.8 Å². The van der Waals surface area contributed by atoms with Gasteiger partial charge in [-0.1, -0.05) is 42.5 Å². The lowest BCUT2D eigenvalue weighted by molar-refractivity contribution is -0.00374. The van der Waals surface area contributed by atoms with Crippen LogP contribution in [0, 0.1) is 0 Å². The van der Waals surface area contributed by atoms with E-state index in [1.807, 2.05) is 42.5 Å². The van der Waals surface area contributed by atoms with Crippen molar-refractivity contribution in [1.82, 2.24) is 10.6 Å². The molecule has 0 saturated heterocycles. The summed E-state index contributed by atoms with van der Waals surface area (Å²) in [6, 6.07) is 13.6. The number of benzene rings is 2. The van der Waals surface area contributed by atoms with E-state index < -0.39 is 30.7 Å². The van der Waals surface area contributed by atoms with Crippen LogP contribution in [0.1, 0.15) is 26.3 Å². The lowest BCUT2D eigenvalue weighted by atomic mass is 10.0. The molecule has 0 spiro atoms. The second-order valence-electron chi connectivity index (χ2n) is 6.95. The molecule has 4 nitrogen and oxygen atoms in total. The predicted octanol–water partition coefficient (Wildman–Crippen LogP) is 4.09. The average Bonchev–Trinajstić information content (AvgIpc) is 2.52. The molecule has 0 unspecified atom stereocenters. The summed E-state index contributed by atoms with van der Waals surface area (Å²) in [6.07, 6.45) is -0.846. The highest BCUT2D eigenvalue weighted by atomic mass is 19.3. The van der Waals surface area contributed by atoms with E-state index in [0.717, 1.165) is 16.3 Å². The molecule has 0 radical (unpaired) electrons. The topological polar surface area (TPSA) is 50.4 Å². The summed E-state index contributed by atoms with van der Waals surface area (Å²) in [4.78, 5) is 11.5. The molecule has 0 atom stereocenters. The molecule has 2 aromatic rings. The summed E-state index contributed by atoms with van der Waals surface area (Å²) in [6.45, 7) is 4.04. The van der Waals surface area contributed by atoms with E-state index in [1.54, 1.807) is 20.8 Å². The van der Waals surface area contributed by atoms with Gasteiger partial charge in [-0.15, -0.1) is 0 Å². The molecule has 0 aromatic heterocycles. The largest absolute Gasteiger partial charge is 0.444 e. The van der Waals surface area contributed by atoms with Gasteiger partial charge in [0, 0.05) is 6.54 Å². The lowest BCUT2D eigenvalue weighted by Crippen LogP contribution is -2.44. The van der Waals surface area contributed by atoms with E-state index in [0.29, 0.717) is 6.54 Å². The zero-order chi connectivity index (χ0) is 18.5. The summed E-state index contributed by atoms with van der Waals surface area (Å²) in [7, 11) is 0. The van der Waals surface area contributed by atoms with E-state index in [-0.39, 0.29) is 0 Å². The van der Waals surface area contributed by atoms with Crippen molar-refractivity contribution >= 4 is 16.9 Å². The van der Waals surface area contributed by atoms with Gasteiger partial charge < -0.3 is 15.4 Å². The van der Waals surface area contributed by atoms with Gasteiger partial charge in [0.25, 0.3) is 5.92 Å². The van der Waals surface area contributed by atoms with Crippen molar-refractivity contribution in [2.24, 2.45) is 0 Å². The maximum Gasteiger partial charge on any atom is 0.407 e. The Kier molecular flexibility index (Phi) is 5.95. The summed E-state index contributed by atoms with van der Waals surface area (Å²) in [5.41, 5.74) is 0.236. The number of hydrogen-bond donors (Lipinski definition) is 2. The van der Waals surface area contributed by atoms with E-state index in [2.05, 4.69) is 10.6 Å². The Morgan fingerprint density at radius 2 is 1.72 bits per heavy atom. The predicted molar refractivity (Wildman–Crippen MR) is 94.8 cm³/mol. The third kappa shape index (κ3) is 6.31. The number of ether oxygens (including phenoxy) is 1. The molecule has 0 fully saturated rings. The van der Waals surface area contributed by atoms with Crippen molar-refractivity contribution in [3.63, 3.8) is 0 Å². The molecule has 0 heterocycles. The third-order valence-corrected chi connectivity index (χ3v) is 3.47. The molecular formula is C19H24F2N2O2. The van der Waals surface area contributed by atoms with Crippen LogP contribution in [0.4, 0.5) is 13.6 Å². The Morgan fingerprint density at radius 3 is 2.44 bits per heavy atom. The molecule has 2 aromatic carbocycles. The molecular weight excluding hydrogens is 326 g/mol. The number of carbonyl (C=O) groups is 1.